The second kappa shape index (κ2) is 3.60. The first-order chi connectivity index (χ1) is 5.41. The molecule has 7 N–H and O–H groups in total. The van der Waals surface area contributed by atoms with Gasteiger partial charge >= 0.3 is 0 Å². The lowest BCUT2D eigenvalue weighted by molar-refractivity contribution is 0.431. The Bertz CT molecular complexity index is 399. The Kier molecular flexibility index (Phi) is 3.24. The van der Waals surface area contributed by atoms with Crippen molar-refractivity contribution in [1.29, 1.82) is 0 Å². The van der Waals surface area contributed by atoms with Crippen LogP contribution in [0.3, 0.4) is 0 Å². The van der Waals surface area contributed by atoms with Crippen LogP contribution in [-0.4, -0.2) is 23.2 Å². The minimum atomic E-state index is -4.41. The van der Waals surface area contributed by atoms with Gasteiger partial charge in [-0.2, -0.15) is 8.42 Å². The number of benzene rings is 1. The quantitative estimate of drug-likeness (QED) is 0.505. The van der Waals surface area contributed by atoms with E-state index in [0.29, 0.717) is 0 Å². The van der Waals surface area contributed by atoms with Gasteiger partial charge in [0.2, 0.25) is 0 Å². The Morgan fingerprint density at radius 3 is 2.08 bits per heavy atom. The van der Waals surface area contributed by atoms with E-state index in [-0.39, 0.29) is 11.9 Å². The first kappa shape index (κ1) is 11.7. The number of hydrogen-bond acceptors (Lipinski definition) is 4. The van der Waals surface area contributed by atoms with Crippen LogP contribution in [0.15, 0.2) is 23.1 Å². The second-order valence-electron chi connectivity index (χ2n) is 2.13. The Morgan fingerprint density at radius 1 is 1.15 bits per heavy atom. The molecule has 1 aromatic carbocycles. The lowest BCUT2D eigenvalue weighted by Gasteiger charge is -1.99. The molecule has 0 saturated carbocycles. The lowest BCUT2D eigenvalue weighted by atomic mass is 10.3. The molecule has 0 aliphatic heterocycles. The van der Waals surface area contributed by atoms with E-state index in [1.807, 2.05) is 0 Å². The van der Waals surface area contributed by atoms with Gasteiger partial charge in [-0.3, -0.25) is 4.55 Å². The third kappa shape index (κ3) is 2.58. The van der Waals surface area contributed by atoms with E-state index in [4.69, 9.17) is 14.8 Å². The number of phenols is 2. The minimum Gasteiger partial charge on any atom is -0.508 e. The molecule has 0 radical (unpaired) electrons. The third-order valence-corrected chi connectivity index (χ3v) is 2.12. The van der Waals surface area contributed by atoms with Gasteiger partial charge in [-0.25, -0.2) is 0 Å². The highest BCUT2D eigenvalue weighted by atomic mass is 32.2. The summed E-state index contributed by atoms with van der Waals surface area (Å²) in [6.45, 7) is 0. The fourth-order valence-electron chi connectivity index (χ4n) is 0.724. The molecule has 0 atom stereocenters. The molecule has 0 unspecified atom stereocenters. The number of rotatable bonds is 1. The summed E-state index contributed by atoms with van der Waals surface area (Å²) in [5, 5.41) is 17.7. The Labute approximate surface area is 74.8 Å². The molecule has 0 fully saturated rings. The molecule has 0 amide bonds. The summed E-state index contributed by atoms with van der Waals surface area (Å²) in [4.78, 5) is -0.625. The van der Waals surface area contributed by atoms with Gasteiger partial charge in [0.25, 0.3) is 10.1 Å². The Balaban J connectivity index is 0.00000144. The molecular weight excluding hydrogens is 198 g/mol. The monoisotopic (exact) mass is 208 g/mol. The van der Waals surface area contributed by atoms with Gasteiger partial charge in [0, 0.05) is 6.07 Å². The highest BCUT2D eigenvalue weighted by molar-refractivity contribution is 7.86. The van der Waals surface area contributed by atoms with Gasteiger partial charge in [0.1, 0.15) is 16.4 Å². The smallest absolute Gasteiger partial charge is 0.298 e. The maximum absolute atomic E-state index is 10.5. The lowest BCUT2D eigenvalue weighted by Crippen LogP contribution is -1.97. The molecule has 0 aliphatic carbocycles. The average molecular weight is 208 g/mol. The molecule has 7 heteroatoms. The third-order valence-electron chi connectivity index (χ3n) is 1.22. The standard InChI is InChI=1S/C6H6O5S.H3N/c7-4-1-2-6(5(8)3-4)12(9,10)11;/h1-3,7-8H,(H,9,10,11);1H3/p+1. The summed E-state index contributed by atoms with van der Waals surface area (Å²) in [6.07, 6.45) is 0. The zero-order valence-corrected chi connectivity index (χ0v) is 7.61. The molecular formula is C6H10NO5S+. The van der Waals surface area contributed by atoms with Crippen molar-refractivity contribution in [2.75, 3.05) is 0 Å². The van der Waals surface area contributed by atoms with E-state index in [2.05, 4.69) is 0 Å². The fourth-order valence-corrected chi connectivity index (χ4v) is 1.29. The molecule has 74 valence electrons. The van der Waals surface area contributed by atoms with Crippen LogP contribution in [0.5, 0.6) is 11.5 Å². The van der Waals surface area contributed by atoms with Crippen LogP contribution in [0, 0.1) is 0 Å². The predicted octanol–water partition coefficient (Wildman–Crippen LogP) is 0.721. The maximum atomic E-state index is 10.5. The van der Waals surface area contributed by atoms with Crippen LogP contribution in [0.2, 0.25) is 0 Å². The van der Waals surface area contributed by atoms with Gasteiger partial charge < -0.3 is 16.4 Å². The van der Waals surface area contributed by atoms with Crippen molar-refractivity contribution in [2.45, 2.75) is 4.90 Å². The summed E-state index contributed by atoms with van der Waals surface area (Å²) in [6, 6.07) is 2.77. The second-order valence-corrected chi connectivity index (χ2v) is 3.52. The number of quaternary nitrogens is 1. The summed E-state index contributed by atoms with van der Waals surface area (Å²) < 4.78 is 29.4. The first-order valence-electron chi connectivity index (χ1n) is 2.91. The van der Waals surface area contributed by atoms with E-state index in [1.54, 1.807) is 0 Å². The molecule has 0 saturated heterocycles. The Hall–Kier alpha value is -1.31. The highest BCUT2D eigenvalue weighted by Crippen LogP contribution is 2.25. The van der Waals surface area contributed by atoms with Gasteiger partial charge in [-0.15, -0.1) is 0 Å². The zero-order valence-electron chi connectivity index (χ0n) is 6.80. The molecule has 1 aromatic rings. The van der Waals surface area contributed by atoms with E-state index in [0.717, 1.165) is 18.2 Å². The largest absolute Gasteiger partial charge is 0.508 e. The van der Waals surface area contributed by atoms with E-state index < -0.39 is 20.8 Å². The SMILES string of the molecule is O=S(=O)(O)c1ccc(O)cc1O.[NH4+]. The molecule has 0 heterocycles. The van der Waals surface area contributed by atoms with Crippen LogP contribution in [0.25, 0.3) is 0 Å². The van der Waals surface area contributed by atoms with Crippen LogP contribution >= 0.6 is 0 Å². The summed E-state index contributed by atoms with van der Waals surface area (Å²) in [7, 11) is -4.41. The fraction of sp³-hybridized carbons (Fsp3) is 0. The maximum Gasteiger partial charge on any atom is 0.298 e. The van der Waals surface area contributed by atoms with Crippen LogP contribution < -0.4 is 6.15 Å². The van der Waals surface area contributed by atoms with Crippen molar-refractivity contribution in [3.63, 3.8) is 0 Å². The van der Waals surface area contributed by atoms with Crippen molar-refractivity contribution in [3.8, 4) is 11.5 Å². The van der Waals surface area contributed by atoms with Crippen LogP contribution in [-0.2, 0) is 10.1 Å². The first-order valence-corrected chi connectivity index (χ1v) is 4.35. The predicted molar refractivity (Wildman–Crippen MR) is 45.6 cm³/mol. The molecule has 1 rings (SSSR count). The van der Waals surface area contributed by atoms with Crippen LogP contribution in [0.1, 0.15) is 0 Å². The molecule has 0 aromatic heterocycles. The normalized spacial score (nSPS) is 10.5. The highest BCUT2D eigenvalue weighted by Gasteiger charge is 2.14. The molecule has 13 heavy (non-hydrogen) atoms. The van der Waals surface area contributed by atoms with Crippen molar-refractivity contribution >= 4 is 10.1 Å². The minimum absolute atomic E-state index is 0. The van der Waals surface area contributed by atoms with E-state index in [1.165, 1.54) is 0 Å². The number of phenolic OH excluding ortho intramolecular Hbond substituents is 2. The van der Waals surface area contributed by atoms with Crippen molar-refractivity contribution in [2.24, 2.45) is 0 Å². The van der Waals surface area contributed by atoms with Crippen molar-refractivity contribution in [3.05, 3.63) is 18.2 Å². The van der Waals surface area contributed by atoms with Crippen molar-refractivity contribution in [1.82, 2.24) is 6.15 Å². The van der Waals surface area contributed by atoms with Gasteiger partial charge in [-0.05, 0) is 12.1 Å². The van der Waals surface area contributed by atoms with Gasteiger partial charge in [-0.1, -0.05) is 0 Å². The topological polar surface area (TPSA) is 131 Å². The summed E-state index contributed by atoms with van der Waals surface area (Å²) in [5.74, 6) is -0.961. The zero-order chi connectivity index (χ0) is 9.35. The van der Waals surface area contributed by atoms with Gasteiger partial charge in [0.05, 0.1) is 0 Å². The average Bonchev–Trinajstić information content (AvgIpc) is 1.83. The molecule has 0 bridgehead atoms. The van der Waals surface area contributed by atoms with Crippen molar-refractivity contribution < 1.29 is 23.2 Å². The Morgan fingerprint density at radius 2 is 1.69 bits per heavy atom. The number of aromatic hydroxyl groups is 2. The summed E-state index contributed by atoms with van der Waals surface area (Å²) in [5.41, 5.74) is 0. The van der Waals surface area contributed by atoms with E-state index >= 15 is 0 Å². The van der Waals surface area contributed by atoms with E-state index in [9.17, 15) is 8.42 Å². The number of hydrogen-bond donors (Lipinski definition) is 4. The molecule has 0 aliphatic rings. The van der Waals surface area contributed by atoms with Gasteiger partial charge in [0.15, 0.2) is 0 Å². The molecule has 0 spiro atoms. The summed E-state index contributed by atoms with van der Waals surface area (Å²) >= 11 is 0. The molecule has 6 nitrogen and oxygen atoms in total. The van der Waals surface area contributed by atoms with Crippen LogP contribution in [0.4, 0.5) is 0 Å².